The summed E-state index contributed by atoms with van der Waals surface area (Å²) in [5.41, 5.74) is 6.70. The summed E-state index contributed by atoms with van der Waals surface area (Å²) < 4.78 is 0.961. The third kappa shape index (κ3) is 5.42. The van der Waals surface area contributed by atoms with Crippen LogP contribution in [-0.2, 0) is 9.59 Å². The van der Waals surface area contributed by atoms with Crippen LogP contribution in [0.4, 0.5) is 5.69 Å². The number of hydrogen-bond donors (Lipinski definition) is 3. The van der Waals surface area contributed by atoms with Crippen molar-refractivity contribution in [1.29, 1.82) is 0 Å². The van der Waals surface area contributed by atoms with Crippen LogP contribution in [0.2, 0.25) is 0 Å². The van der Waals surface area contributed by atoms with E-state index in [1.165, 1.54) is 0 Å². The molecule has 1 aromatic carbocycles. The van der Waals surface area contributed by atoms with Crippen LogP contribution in [0.15, 0.2) is 28.7 Å². The van der Waals surface area contributed by atoms with Crippen molar-refractivity contribution in [3.05, 3.63) is 28.7 Å². The number of nitrogens with one attached hydrogen (secondary N) is 2. The summed E-state index contributed by atoms with van der Waals surface area (Å²) in [5, 5.41) is 5.59. The molecule has 1 fully saturated rings. The van der Waals surface area contributed by atoms with Gasteiger partial charge in [0.15, 0.2) is 0 Å². The number of halogens is 1. The summed E-state index contributed by atoms with van der Waals surface area (Å²) >= 11 is 3.34. The van der Waals surface area contributed by atoms with Gasteiger partial charge in [-0.2, -0.15) is 0 Å². The smallest absolute Gasteiger partial charge is 0.226 e. The Morgan fingerprint density at radius 2 is 1.91 bits per heavy atom. The number of carbonyl (C=O) groups excluding carboxylic acids is 2. The monoisotopic (exact) mass is 367 g/mol. The summed E-state index contributed by atoms with van der Waals surface area (Å²) in [5.74, 6) is 0.163. The molecule has 0 spiro atoms. The van der Waals surface area contributed by atoms with E-state index in [9.17, 15) is 9.59 Å². The van der Waals surface area contributed by atoms with E-state index in [0.717, 1.165) is 29.4 Å². The second-order valence-electron chi connectivity index (χ2n) is 5.71. The van der Waals surface area contributed by atoms with Crippen LogP contribution in [0.3, 0.4) is 0 Å². The van der Waals surface area contributed by atoms with E-state index in [-0.39, 0.29) is 30.2 Å². The third-order valence-corrected chi connectivity index (χ3v) is 4.50. The fraction of sp³-hybridized carbons (Fsp3) is 0.500. The highest BCUT2D eigenvalue weighted by atomic mass is 79.9. The number of anilines is 1. The average molecular weight is 368 g/mol. The van der Waals surface area contributed by atoms with Crippen molar-refractivity contribution in [1.82, 2.24) is 5.32 Å². The third-order valence-electron chi connectivity index (χ3n) is 3.97. The highest BCUT2D eigenvalue weighted by Gasteiger charge is 2.25. The number of nitrogens with two attached hydrogens (primary N) is 1. The highest BCUT2D eigenvalue weighted by molar-refractivity contribution is 9.10. The van der Waals surface area contributed by atoms with E-state index in [2.05, 4.69) is 26.6 Å². The zero-order valence-corrected chi connectivity index (χ0v) is 14.1. The molecule has 1 saturated carbocycles. The molecule has 120 valence electrons. The minimum atomic E-state index is -0.111. The van der Waals surface area contributed by atoms with Gasteiger partial charge in [-0.15, -0.1) is 0 Å². The van der Waals surface area contributed by atoms with Crippen molar-refractivity contribution in [2.75, 3.05) is 11.9 Å². The summed E-state index contributed by atoms with van der Waals surface area (Å²) in [7, 11) is 0. The molecule has 6 heteroatoms. The molecule has 1 aliphatic rings. The summed E-state index contributed by atoms with van der Waals surface area (Å²) in [4.78, 5) is 23.6. The Morgan fingerprint density at radius 1 is 1.18 bits per heavy atom. The molecule has 2 rings (SSSR count). The zero-order chi connectivity index (χ0) is 15.9. The Labute approximate surface area is 139 Å². The Bertz CT molecular complexity index is 519. The summed E-state index contributed by atoms with van der Waals surface area (Å²) in [6, 6.07) is 7.51. The molecule has 0 unspecified atom stereocenters. The van der Waals surface area contributed by atoms with Gasteiger partial charge in [-0.1, -0.05) is 22.4 Å². The van der Waals surface area contributed by atoms with Crippen LogP contribution in [0.25, 0.3) is 0 Å². The van der Waals surface area contributed by atoms with E-state index in [4.69, 9.17) is 5.73 Å². The Balaban J connectivity index is 1.64. The van der Waals surface area contributed by atoms with Gasteiger partial charge in [0, 0.05) is 35.6 Å². The van der Waals surface area contributed by atoms with E-state index >= 15 is 0 Å². The van der Waals surface area contributed by atoms with Crippen molar-refractivity contribution in [2.45, 2.75) is 38.1 Å². The van der Waals surface area contributed by atoms with Gasteiger partial charge in [-0.25, -0.2) is 0 Å². The van der Waals surface area contributed by atoms with E-state index in [1.807, 2.05) is 24.3 Å². The Hall–Kier alpha value is -1.40. The number of hydrogen-bond acceptors (Lipinski definition) is 3. The van der Waals surface area contributed by atoms with Crippen LogP contribution < -0.4 is 16.4 Å². The number of amides is 2. The summed E-state index contributed by atoms with van der Waals surface area (Å²) in [6.07, 6.45) is 3.87. The molecular formula is C16H22BrN3O2. The molecular weight excluding hydrogens is 346 g/mol. The van der Waals surface area contributed by atoms with Gasteiger partial charge in [0.2, 0.25) is 11.8 Å². The molecule has 4 N–H and O–H groups in total. The first-order chi connectivity index (χ1) is 10.5. The minimum Gasteiger partial charge on any atom is -0.356 e. The Kier molecular flexibility index (Phi) is 6.39. The molecule has 0 aromatic heterocycles. The predicted octanol–water partition coefficient (Wildman–Crippen LogP) is 2.41. The minimum absolute atomic E-state index is 0.0150. The normalized spacial score (nSPS) is 20.6. The molecule has 1 aromatic rings. The molecule has 0 heterocycles. The molecule has 0 bridgehead atoms. The van der Waals surface area contributed by atoms with E-state index in [1.54, 1.807) is 0 Å². The lowest BCUT2D eigenvalue weighted by Gasteiger charge is -2.14. The standard InChI is InChI=1S/C16H22BrN3O2/c17-12-4-6-13(7-5-12)20-15(21)8-9-19-16(22)10-11-2-1-3-14(11)18/h4-7,11,14H,1-3,8-10,18H2,(H,19,22)(H,20,21)/t11-,14+/m0/s1. The SMILES string of the molecule is N[C@@H]1CCC[C@H]1CC(=O)NCCC(=O)Nc1ccc(Br)cc1. The zero-order valence-electron chi connectivity index (χ0n) is 12.5. The maximum Gasteiger partial charge on any atom is 0.226 e. The summed E-state index contributed by atoms with van der Waals surface area (Å²) in [6.45, 7) is 0.350. The van der Waals surface area contributed by atoms with Crippen LogP contribution in [-0.4, -0.2) is 24.4 Å². The largest absolute Gasteiger partial charge is 0.356 e. The number of rotatable bonds is 6. The lowest BCUT2D eigenvalue weighted by Crippen LogP contribution is -2.33. The highest BCUT2D eigenvalue weighted by Crippen LogP contribution is 2.26. The van der Waals surface area contributed by atoms with E-state index in [0.29, 0.717) is 13.0 Å². The van der Waals surface area contributed by atoms with Crippen LogP contribution in [0.1, 0.15) is 32.1 Å². The lowest BCUT2D eigenvalue weighted by atomic mass is 10.00. The van der Waals surface area contributed by atoms with Crippen molar-refractivity contribution < 1.29 is 9.59 Å². The van der Waals surface area contributed by atoms with Crippen LogP contribution in [0.5, 0.6) is 0 Å². The molecule has 5 nitrogen and oxygen atoms in total. The maximum atomic E-state index is 11.8. The molecule has 22 heavy (non-hydrogen) atoms. The van der Waals surface area contributed by atoms with Gasteiger partial charge in [-0.05, 0) is 43.0 Å². The van der Waals surface area contributed by atoms with Crippen molar-refractivity contribution >= 4 is 33.4 Å². The van der Waals surface area contributed by atoms with Gasteiger partial charge < -0.3 is 16.4 Å². The molecule has 1 aliphatic carbocycles. The quantitative estimate of drug-likeness (QED) is 0.721. The number of benzene rings is 1. The van der Waals surface area contributed by atoms with Gasteiger partial charge in [0.25, 0.3) is 0 Å². The number of carbonyl (C=O) groups is 2. The van der Waals surface area contributed by atoms with Crippen molar-refractivity contribution in [3.8, 4) is 0 Å². The second kappa shape index (κ2) is 8.29. The molecule has 2 amide bonds. The Morgan fingerprint density at radius 3 is 2.55 bits per heavy atom. The molecule has 2 atom stereocenters. The molecule has 0 saturated heterocycles. The molecule has 0 aliphatic heterocycles. The fourth-order valence-corrected chi connectivity index (χ4v) is 2.97. The van der Waals surface area contributed by atoms with Crippen LogP contribution in [0, 0.1) is 5.92 Å². The van der Waals surface area contributed by atoms with Gasteiger partial charge in [-0.3, -0.25) is 9.59 Å². The van der Waals surface area contributed by atoms with Crippen LogP contribution >= 0.6 is 15.9 Å². The van der Waals surface area contributed by atoms with Crippen molar-refractivity contribution in [2.24, 2.45) is 11.7 Å². The first-order valence-electron chi connectivity index (χ1n) is 7.62. The van der Waals surface area contributed by atoms with Gasteiger partial charge in [0.1, 0.15) is 0 Å². The lowest BCUT2D eigenvalue weighted by molar-refractivity contribution is -0.122. The first kappa shape index (κ1) is 17.0. The van der Waals surface area contributed by atoms with Gasteiger partial charge >= 0.3 is 0 Å². The van der Waals surface area contributed by atoms with E-state index < -0.39 is 0 Å². The average Bonchev–Trinajstić information content (AvgIpc) is 2.87. The first-order valence-corrected chi connectivity index (χ1v) is 8.41. The van der Waals surface area contributed by atoms with Crippen molar-refractivity contribution in [3.63, 3.8) is 0 Å². The topological polar surface area (TPSA) is 84.2 Å². The fourth-order valence-electron chi connectivity index (χ4n) is 2.70. The van der Waals surface area contributed by atoms with Gasteiger partial charge in [0.05, 0.1) is 0 Å². The second-order valence-corrected chi connectivity index (χ2v) is 6.63. The predicted molar refractivity (Wildman–Crippen MR) is 90.3 cm³/mol. The molecule has 0 radical (unpaired) electrons. The maximum absolute atomic E-state index is 11.8.